The molecule has 1 atom stereocenters. The summed E-state index contributed by atoms with van der Waals surface area (Å²) in [5.41, 5.74) is 0.764. The topological polar surface area (TPSA) is 61.7 Å². The van der Waals surface area contributed by atoms with Crippen LogP contribution in [0.5, 0.6) is 0 Å². The molecule has 0 saturated heterocycles. The van der Waals surface area contributed by atoms with Crippen molar-refractivity contribution in [3.8, 4) is 0 Å². The summed E-state index contributed by atoms with van der Waals surface area (Å²) in [6.07, 6.45) is 1.56. The largest absolute Gasteiger partial charge is 0.591 e. The Morgan fingerprint density at radius 1 is 1.14 bits per heavy atom. The summed E-state index contributed by atoms with van der Waals surface area (Å²) in [7, 11) is 0. The summed E-state index contributed by atoms with van der Waals surface area (Å²) in [6, 6.07) is 6.86. The molecule has 1 rings (SSSR count). The average molecular weight is 309 g/mol. The minimum Gasteiger partial charge on any atom is -0.591 e. The zero-order chi connectivity index (χ0) is 16.3. The van der Waals surface area contributed by atoms with Crippen molar-refractivity contribution in [2.24, 2.45) is 4.40 Å². The number of benzene rings is 1. The second-order valence-corrected chi connectivity index (χ2v) is 8.65. The highest BCUT2D eigenvalue weighted by atomic mass is 32.2. The predicted molar refractivity (Wildman–Crippen MR) is 87.1 cm³/mol. The Hall–Kier alpha value is -1.33. The van der Waals surface area contributed by atoms with Gasteiger partial charge in [-0.15, -0.1) is 0 Å². The molecular weight excluding hydrogens is 286 g/mol. The molecule has 1 aromatic rings. The van der Waals surface area contributed by atoms with E-state index in [-0.39, 0.29) is 10.7 Å². The van der Waals surface area contributed by atoms with Gasteiger partial charge in [-0.2, -0.15) is 0 Å². The van der Waals surface area contributed by atoms with Crippen molar-refractivity contribution in [1.29, 1.82) is 0 Å². The fourth-order valence-corrected chi connectivity index (χ4v) is 1.84. The molecule has 4 nitrogen and oxygen atoms in total. The van der Waals surface area contributed by atoms with E-state index < -0.39 is 17.0 Å². The van der Waals surface area contributed by atoms with Crippen LogP contribution in [0.3, 0.4) is 0 Å². The van der Waals surface area contributed by atoms with Gasteiger partial charge in [0.2, 0.25) is 0 Å². The summed E-state index contributed by atoms with van der Waals surface area (Å²) in [5, 5.41) is 0. The van der Waals surface area contributed by atoms with Gasteiger partial charge in [-0.1, -0.05) is 16.5 Å². The molecule has 0 aliphatic heterocycles. The summed E-state index contributed by atoms with van der Waals surface area (Å²) < 4.78 is 20.7. The van der Waals surface area contributed by atoms with Crippen LogP contribution in [0.4, 0.5) is 0 Å². The third-order valence-electron chi connectivity index (χ3n) is 2.37. The van der Waals surface area contributed by atoms with Gasteiger partial charge < -0.3 is 9.29 Å². The van der Waals surface area contributed by atoms with Crippen molar-refractivity contribution in [3.05, 3.63) is 35.4 Å². The van der Waals surface area contributed by atoms with E-state index in [9.17, 15) is 9.35 Å². The first-order chi connectivity index (χ1) is 9.49. The zero-order valence-electron chi connectivity index (χ0n) is 13.5. The minimum atomic E-state index is -1.29. The molecule has 0 aliphatic carbocycles. The van der Waals surface area contributed by atoms with Crippen LogP contribution in [0.15, 0.2) is 28.7 Å². The number of rotatable bonds is 3. The minimum absolute atomic E-state index is 0.357. The maximum atomic E-state index is 11.9. The fraction of sp³-hybridized carbons (Fsp3) is 0.500. The van der Waals surface area contributed by atoms with E-state index in [1.807, 2.05) is 41.5 Å². The molecule has 0 radical (unpaired) electrons. The molecule has 0 spiro atoms. The predicted octanol–water partition coefficient (Wildman–Crippen LogP) is 3.52. The average Bonchev–Trinajstić information content (AvgIpc) is 2.33. The van der Waals surface area contributed by atoms with Crippen molar-refractivity contribution in [2.75, 3.05) is 0 Å². The number of carbonyl (C=O) groups is 1. The van der Waals surface area contributed by atoms with E-state index in [4.69, 9.17) is 4.74 Å². The number of hydrogen-bond acceptors (Lipinski definition) is 4. The Labute approximate surface area is 129 Å². The van der Waals surface area contributed by atoms with Gasteiger partial charge in [-0.25, -0.2) is 4.79 Å². The SMILES string of the molecule is CC(C)(C)OC(=O)c1ccc(/C=N/[S@+]([O-])C(C)(C)C)cc1. The number of hydrogen-bond donors (Lipinski definition) is 0. The second-order valence-electron chi connectivity index (χ2n) is 6.72. The normalized spacial score (nSPS) is 14.2. The first-order valence-corrected chi connectivity index (χ1v) is 7.89. The van der Waals surface area contributed by atoms with Crippen molar-refractivity contribution in [3.63, 3.8) is 0 Å². The molecular formula is C16H23NO3S. The van der Waals surface area contributed by atoms with Crippen LogP contribution in [-0.4, -0.2) is 27.1 Å². The molecule has 0 aliphatic rings. The Morgan fingerprint density at radius 2 is 1.67 bits per heavy atom. The molecule has 0 fully saturated rings. The Bertz CT molecular complexity index is 510. The summed E-state index contributed by atoms with van der Waals surface area (Å²) in [4.78, 5) is 11.9. The van der Waals surface area contributed by atoms with Gasteiger partial charge in [0, 0.05) is 0 Å². The first-order valence-electron chi connectivity index (χ1n) is 6.78. The molecule has 0 heterocycles. The van der Waals surface area contributed by atoms with E-state index in [1.165, 1.54) is 0 Å². The molecule has 21 heavy (non-hydrogen) atoms. The number of esters is 1. The Kier molecular flexibility index (Phi) is 5.59. The van der Waals surface area contributed by atoms with E-state index in [2.05, 4.69) is 4.40 Å². The van der Waals surface area contributed by atoms with Crippen LogP contribution >= 0.6 is 0 Å². The first kappa shape index (κ1) is 17.7. The monoisotopic (exact) mass is 309 g/mol. The molecule has 0 aromatic heterocycles. The van der Waals surface area contributed by atoms with Gasteiger partial charge in [0.05, 0.1) is 11.8 Å². The van der Waals surface area contributed by atoms with Crippen molar-refractivity contribution in [2.45, 2.75) is 51.9 Å². The van der Waals surface area contributed by atoms with Gasteiger partial charge in [-0.05, 0) is 59.2 Å². The van der Waals surface area contributed by atoms with Gasteiger partial charge in [0.25, 0.3) is 0 Å². The van der Waals surface area contributed by atoms with Gasteiger partial charge in [-0.3, -0.25) is 0 Å². The molecule has 116 valence electrons. The molecule has 0 amide bonds. The summed E-state index contributed by atoms with van der Waals surface area (Å²) >= 11 is -1.29. The smallest absolute Gasteiger partial charge is 0.338 e. The highest BCUT2D eigenvalue weighted by Gasteiger charge is 2.25. The van der Waals surface area contributed by atoms with Crippen molar-refractivity contribution in [1.82, 2.24) is 0 Å². The lowest BCUT2D eigenvalue weighted by molar-refractivity contribution is 0.00695. The van der Waals surface area contributed by atoms with Gasteiger partial charge in [0.15, 0.2) is 0 Å². The number of ether oxygens (including phenoxy) is 1. The highest BCUT2D eigenvalue weighted by Crippen LogP contribution is 2.17. The molecule has 0 bridgehead atoms. The quantitative estimate of drug-likeness (QED) is 0.487. The lowest BCUT2D eigenvalue weighted by Gasteiger charge is -2.19. The highest BCUT2D eigenvalue weighted by molar-refractivity contribution is 7.91. The Morgan fingerprint density at radius 3 is 2.10 bits per heavy atom. The van der Waals surface area contributed by atoms with Crippen LogP contribution in [0, 0.1) is 0 Å². The second kappa shape index (κ2) is 6.62. The molecule has 0 N–H and O–H groups in total. The van der Waals surface area contributed by atoms with Gasteiger partial charge in [0.1, 0.15) is 21.7 Å². The standard InChI is InChI=1S/C16H23NO3S/c1-15(2,3)20-14(18)13-9-7-12(8-10-13)11-17-21(19)16(4,5)6/h7-11H,1-6H3/b17-11+/t21-/m1/s1. The van der Waals surface area contributed by atoms with Crippen molar-refractivity contribution >= 4 is 23.5 Å². The van der Waals surface area contributed by atoms with Gasteiger partial charge >= 0.3 is 5.97 Å². The van der Waals surface area contributed by atoms with Crippen LogP contribution < -0.4 is 0 Å². The summed E-state index contributed by atoms with van der Waals surface area (Å²) in [6.45, 7) is 11.1. The number of nitrogens with zero attached hydrogens (tertiary/aromatic N) is 1. The lowest BCUT2D eigenvalue weighted by Crippen LogP contribution is -2.25. The fourth-order valence-electron chi connectivity index (χ4n) is 1.31. The summed E-state index contributed by atoms with van der Waals surface area (Å²) in [5.74, 6) is -0.357. The molecule has 1 aromatic carbocycles. The van der Waals surface area contributed by atoms with Crippen LogP contribution in [0.2, 0.25) is 0 Å². The third kappa shape index (κ3) is 6.31. The Balaban J connectivity index is 2.75. The maximum absolute atomic E-state index is 11.9. The lowest BCUT2D eigenvalue weighted by atomic mass is 10.1. The molecule has 0 unspecified atom stereocenters. The van der Waals surface area contributed by atoms with Crippen LogP contribution in [-0.2, 0) is 16.1 Å². The van der Waals surface area contributed by atoms with E-state index in [0.29, 0.717) is 5.56 Å². The molecule has 0 saturated carbocycles. The number of carbonyl (C=O) groups excluding carboxylic acids is 1. The van der Waals surface area contributed by atoms with E-state index >= 15 is 0 Å². The van der Waals surface area contributed by atoms with Crippen LogP contribution in [0.25, 0.3) is 0 Å². The third-order valence-corrected chi connectivity index (χ3v) is 3.71. The van der Waals surface area contributed by atoms with Crippen molar-refractivity contribution < 1.29 is 14.1 Å². The maximum Gasteiger partial charge on any atom is 0.338 e. The molecule has 5 heteroatoms. The zero-order valence-corrected chi connectivity index (χ0v) is 14.3. The van der Waals surface area contributed by atoms with Crippen LogP contribution in [0.1, 0.15) is 57.5 Å². The van der Waals surface area contributed by atoms with E-state index in [0.717, 1.165) is 5.56 Å². The van der Waals surface area contributed by atoms with E-state index in [1.54, 1.807) is 30.5 Å².